The van der Waals surface area contributed by atoms with Gasteiger partial charge in [0.15, 0.2) is 0 Å². The van der Waals surface area contributed by atoms with Crippen molar-refractivity contribution in [2.24, 2.45) is 0 Å². The highest BCUT2D eigenvalue weighted by Crippen LogP contribution is 2.26. The molecule has 0 unspecified atom stereocenters. The smallest absolute Gasteiger partial charge is 0.337 e. The van der Waals surface area contributed by atoms with E-state index in [1.165, 1.54) is 4.88 Å². The third-order valence-corrected chi connectivity index (χ3v) is 4.30. The summed E-state index contributed by atoms with van der Waals surface area (Å²) in [6.07, 6.45) is 0. The van der Waals surface area contributed by atoms with Crippen LogP contribution in [0.5, 0.6) is 0 Å². The molecule has 0 saturated carbocycles. The number of hydrogen-bond acceptors (Lipinski definition) is 3. The number of fused-ring (bicyclic) bond motifs is 1. The zero-order valence-electron chi connectivity index (χ0n) is 11.9. The summed E-state index contributed by atoms with van der Waals surface area (Å²) in [7, 11) is 0. The molecule has 0 radical (unpaired) electrons. The van der Waals surface area contributed by atoms with Gasteiger partial charge in [0.2, 0.25) is 0 Å². The zero-order valence-corrected chi connectivity index (χ0v) is 12.7. The first-order valence-corrected chi connectivity index (χ1v) is 7.70. The normalized spacial score (nSPS) is 11.4. The summed E-state index contributed by atoms with van der Waals surface area (Å²) >= 11 is 1.67. The Morgan fingerprint density at radius 3 is 2.76 bits per heavy atom. The number of carboxylic acid groups (broad SMARTS) is 1. The maximum atomic E-state index is 11.5. The van der Waals surface area contributed by atoms with Gasteiger partial charge in [-0.2, -0.15) is 0 Å². The molecular weight excluding hydrogens is 284 g/mol. The van der Waals surface area contributed by atoms with Gasteiger partial charge in [-0.05, 0) is 23.6 Å². The van der Waals surface area contributed by atoms with E-state index >= 15 is 0 Å². The maximum Gasteiger partial charge on any atom is 0.337 e. The van der Waals surface area contributed by atoms with Gasteiger partial charge in [0.1, 0.15) is 5.82 Å². The Labute approximate surface area is 126 Å². The Balaban J connectivity index is 2.26. The molecule has 21 heavy (non-hydrogen) atoms. The lowest BCUT2D eigenvalue weighted by atomic mass is 10.1. The van der Waals surface area contributed by atoms with Crippen LogP contribution in [0.25, 0.3) is 11.0 Å². The van der Waals surface area contributed by atoms with Crippen molar-refractivity contribution in [1.82, 2.24) is 9.55 Å². The van der Waals surface area contributed by atoms with E-state index < -0.39 is 5.97 Å². The van der Waals surface area contributed by atoms with E-state index in [-0.39, 0.29) is 5.92 Å². The van der Waals surface area contributed by atoms with Gasteiger partial charge >= 0.3 is 5.97 Å². The second kappa shape index (κ2) is 5.33. The largest absolute Gasteiger partial charge is 0.478 e. The van der Waals surface area contributed by atoms with Crippen molar-refractivity contribution >= 4 is 28.3 Å². The van der Waals surface area contributed by atoms with Gasteiger partial charge in [0.25, 0.3) is 0 Å². The fraction of sp³-hybridized carbons (Fsp3) is 0.250. The number of hydrogen-bond donors (Lipinski definition) is 1. The number of carboxylic acids is 1. The minimum atomic E-state index is -0.914. The van der Waals surface area contributed by atoms with E-state index in [4.69, 9.17) is 0 Å². The molecule has 2 heterocycles. The number of aromatic nitrogens is 2. The molecule has 1 N–H and O–H groups in total. The molecule has 108 valence electrons. The number of thiophene rings is 1. The van der Waals surface area contributed by atoms with Crippen molar-refractivity contribution in [2.75, 3.05) is 0 Å². The average molecular weight is 300 g/mol. The predicted octanol–water partition coefficient (Wildman–Crippen LogP) is 3.97. The van der Waals surface area contributed by atoms with Crippen LogP contribution >= 0.6 is 11.3 Å². The standard InChI is InChI=1S/C16H16N2O2S/c1-10(2)15-17-13-7-3-6-12(16(19)20)14(13)18(15)9-11-5-4-8-21-11/h3-8,10H,9H2,1-2H3,(H,19,20). The monoisotopic (exact) mass is 300 g/mol. The van der Waals surface area contributed by atoms with Crippen LogP contribution in [-0.2, 0) is 6.54 Å². The van der Waals surface area contributed by atoms with E-state index in [1.54, 1.807) is 23.5 Å². The van der Waals surface area contributed by atoms with E-state index in [2.05, 4.69) is 24.9 Å². The molecule has 0 saturated heterocycles. The number of benzene rings is 1. The third-order valence-electron chi connectivity index (χ3n) is 3.44. The van der Waals surface area contributed by atoms with Crippen LogP contribution in [0.4, 0.5) is 0 Å². The Hall–Kier alpha value is -2.14. The van der Waals surface area contributed by atoms with Crippen molar-refractivity contribution in [3.8, 4) is 0 Å². The molecule has 0 amide bonds. The Kier molecular flexibility index (Phi) is 3.51. The molecule has 0 aliphatic rings. The first kappa shape index (κ1) is 13.8. The van der Waals surface area contributed by atoms with Crippen LogP contribution in [0.2, 0.25) is 0 Å². The molecular formula is C16H16N2O2S. The van der Waals surface area contributed by atoms with Crippen LogP contribution in [0.3, 0.4) is 0 Å². The number of aromatic carboxylic acids is 1. The van der Waals surface area contributed by atoms with Crippen LogP contribution in [0.15, 0.2) is 35.7 Å². The van der Waals surface area contributed by atoms with Crippen molar-refractivity contribution in [3.05, 3.63) is 52.0 Å². The summed E-state index contributed by atoms with van der Waals surface area (Å²) in [4.78, 5) is 17.3. The molecule has 1 aromatic carbocycles. The molecule has 4 nitrogen and oxygen atoms in total. The molecule has 0 bridgehead atoms. The van der Waals surface area contributed by atoms with Crippen molar-refractivity contribution in [2.45, 2.75) is 26.3 Å². The maximum absolute atomic E-state index is 11.5. The molecule has 3 aromatic rings. The highest BCUT2D eigenvalue weighted by Gasteiger charge is 2.19. The van der Waals surface area contributed by atoms with Gasteiger partial charge in [-0.1, -0.05) is 26.0 Å². The minimum absolute atomic E-state index is 0.235. The first-order valence-electron chi connectivity index (χ1n) is 6.82. The summed E-state index contributed by atoms with van der Waals surface area (Å²) < 4.78 is 2.04. The van der Waals surface area contributed by atoms with Crippen LogP contribution in [0.1, 0.15) is 40.8 Å². The van der Waals surface area contributed by atoms with Gasteiger partial charge in [-0.15, -0.1) is 11.3 Å². The molecule has 2 aromatic heterocycles. The SMILES string of the molecule is CC(C)c1nc2cccc(C(=O)O)c2n1Cc1cccs1. The van der Waals surface area contributed by atoms with Gasteiger partial charge in [-0.3, -0.25) is 0 Å². The minimum Gasteiger partial charge on any atom is -0.478 e. The summed E-state index contributed by atoms with van der Waals surface area (Å²) in [6.45, 7) is 4.81. The highest BCUT2D eigenvalue weighted by molar-refractivity contribution is 7.09. The summed E-state index contributed by atoms with van der Waals surface area (Å²) in [5.74, 6) is 0.245. The third kappa shape index (κ3) is 2.45. The number of para-hydroxylation sites is 1. The lowest BCUT2D eigenvalue weighted by molar-refractivity contribution is 0.0698. The number of nitrogens with zero attached hydrogens (tertiary/aromatic N) is 2. The molecule has 0 aliphatic carbocycles. The predicted molar refractivity (Wildman–Crippen MR) is 84.2 cm³/mol. The molecule has 0 spiro atoms. The lowest BCUT2D eigenvalue weighted by Gasteiger charge is -2.11. The van der Waals surface area contributed by atoms with Crippen LogP contribution < -0.4 is 0 Å². The van der Waals surface area contributed by atoms with Crippen molar-refractivity contribution in [3.63, 3.8) is 0 Å². The summed E-state index contributed by atoms with van der Waals surface area (Å²) in [5.41, 5.74) is 1.76. The van der Waals surface area contributed by atoms with Gasteiger partial charge in [-0.25, -0.2) is 9.78 Å². The van der Waals surface area contributed by atoms with Gasteiger partial charge < -0.3 is 9.67 Å². The number of rotatable bonds is 4. The quantitative estimate of drug-likeness (QED) is 0.793. The lowest BCUT2D eigenvalue weighted by Crippen LogP contribution is -2.08. The number of imidazole rings is 1. The Bertz CT molecular complexity index is 788. The second-order valence-electron chi connectivity index (χ2n) is 5.27. The van der Waals surface area contributed by atoms with Crippen LogP contribution in [-0.4, -0.2) is 20.6 Å². The van der Waals surface area contributed by atoms with E-state index in [9.17, 15) is 9.90 Å². The van der Waals surface area contributed by atoms with Crippen LogP contribution in [0, 0.1) is 0 Å². The van der Waals surface area contributed by atoms with Crippen molar-refractivity contribution < 1.29 is 9.90 Å². The molecule has 0 fully saturated rings. The molecule has 0 atom stereocenters. The zero-order chi connectivity index (χ0) is 15.0. The first-order chi connectivity index (χ1) is 10.1. The van der Waals surface area contributed by atoms with Gasteiger partial charge in [0.05, 0.1) is 23.1 Å². The average Bonchev–Trinajstić information content (AvgIpc) is 3.07. The van der Waals surface area contributed by atoms with E-state index in [1.807, 2.05) is 22.1 Å². The Morgan fingerprint density at radius 2 is 2.14 bits per heavy atom. The summed E-state index contributed by atoms with van der Waals surface area (Å²) in [6, 6.07) is 9.33. The fourth-order valence-electron chi connectivity index (χ4n) is 2.54. The Morgan fingerprint density at radius 1 is 1.33 bits per heavy atom. The molecule has 0 aliphatic heterocycles. The molecule has 3 rings (SSSR count). The van der Waals surface area contributed by atoms with Crippen molar-refractivity contribution in [1.29, 1.82) is 0 Å². The molecule has 5 heteroatoms. The summed E-state index contributed by atoms with van der Waals surface area (Å²) in [5, 5.41) is 11.5. The topological polar surface area (TPSA) is 55.1 Å². The van der Waals surface area contributed by atoms with E-state index in [0.717, 1.165) is 11.3 Å². The highest BCUT2D eigenvalue weighted by atomic mass is 32.1. The van der Waals surface area contributed by atoms with E-state index in [0.29, 0.717) is 17.6 Å². The van der Waals surface area contributed by atoms with Gasteiger partial charge in [0, 0.05) is 10.8 Å². The second-order valence-corrected chi connectivity index (χ2v) is 6.30. The fourth-order valence-corrected chi connectivity index (χ4v) is 3.23. The number of carbonyl (C=O) groups is 1.